The van der Waals surface area contributed by atoms with Crippen molar-refractivity contribution in [2.45, 2.75) is 25.4 Å². The molecular formula is C17H19F2N3O2S. The van der Waals surface area contributed by atoms with Crippen LogP contribution < -0.4 is 4.90 Å². The average Bonchev–Trinajstić information content (AvgIpc) is 3.06. The fourth-order valence-electron chi connectivity index (χ4n) is 3.37. The summed E-state index contributed by atoms with van der Waals surface area (Å²) in [6, 6.07) is 2.13. The standard InChI is InChI=1S/C17H19F2N3O2S/c18-11-8-12(19)15-14(9-11)25-17(20-15)22-6-7-24-13(10-22)16(23)21-4-2-1-3-5-21/h8-9,13H,1-7,10H2. The third kappa shape index (κ3) is 3.32. The van der Waals surface area contributed by atoms with Crippen LogP contribution in [0.1, 0.15) is 19.3 Å². The minimum Gasteiger partial charge on any atom is -0.365 e. The number of hydrogen-bond acceptors (Lipinski definition) is 5. The van der Waals surface area contributed by atoms with Crippen LogP contribution in [0.15, 0.2) is 12.1 Å². The van der Waals surface area contributed by atoms with E-state index in [1.165, 1.54) is 17.4 Å². The molecule has 0 saturated carbocycles. The van der Waals surface area contributed by atoms with Gasteiger partial charge in [-0.2, -0.15) is 0 Å². The van der Waals surface area contributed by atoms with Crippen molar-refractivity contribution in [2.75, 3.05) is 37.7 Å². The summed E-state index contributed by atoms with van der Waals surface area (Å²) in [6.45, 7) is 2.94. The molecule has 2 aliphatic rings. The molecule has 0 radical (unpaired) electrons. The second-order valence-electron chi connectivity index (χ2n) is 6.42. The fraction of sp³-hybridized carbons (Fsp3) is 0.529. The Morgan fingerprint density at radius 1 is 1.20 bits per heavy atom. The summed E-state index contributed by atoms with van der Waals surface area (Å²) in [4.78, 5) is 20.7. The maximum Gasteiger partial charge on any atom is 0.253 e. The second-order valence-corrected chi connectivity index (χ2v) is 7.43. The van der Waals surface area contributed by atoms with Crippen LogP contribution in [-0.4, -0.2) is 54.7 Å². The molecule has 2 saturated heterocycles. The zero-order valence-corrected chi connectivity index (χ0v) is 14.5. The molecule has 1 aromatic heterocycles. The Balaban J connectivity index is 1.53. The third-order valence-electron chi connectivity index (χ3n) is 4.68. The highest BCUT2D eigenvalue weighted by Crippen LogP contribution is 2.32. The van der Waals surface area contributed by atoms with Crippen molar-refractivity contribution < 1.29 is 18.3 Å². The van der Waals surface area contributed by atoms with Crippen molar-refractivity contribution in [1.29, 1.82) is 0 Å². The number of carbonyl (C=O) groups is 1. The first-order valence-corrected chi connectivity index (χ1v) is 9.34. The monoisotopic (exact) mass is 367 g/mol. The maximum absolute atomic E-state index is 13.9. The highest BCUT2D eigenvalue weighted by atomic mass is 32.1. The number of anilines is 1. The summed E-state index contributed by atoms with van der Waals surface area (Å²) in [5.74, 6) is -1.25. The quantitative estimate of drug-likeness (QED) is 0.819. The summed E-state index contributed by atoms with van der Waals surface area (Å²) >= 11 is 1.24. The predicted molar refractivity (Wildman–Crippen MR) is 91.9 cm³/mol. The minimum atomic E-state index is -0.660. The molecular weight excluding hydrogens is 348 g/mol. The lowest BCUT2D eigenvalue weighted by Gasteiger charge is -2.36. The van der Waals surface area contributed by atoms with Crippen LogP contribution in [-0.2, 0) is 9.53 Å². The molecule has 1 unspecified atom stereocenters. The van der Waals surface area contributed by atoms with Crippen LogP contribution in [0.25, 0.3) is 10.2 Å². The number of benzene rings is 1. The van der Waals surface area contributed by atoms with Gasteiger partial charge in [0.25, 0.3) is 5.91 Å². The Morgan fingerprint density at radius 3 is 2.80 bits per heavy atom. The molecule has 25 heavy (non-hydrogen) atoms. The molecule has 1 amide bonds. The summed E-state index contributed by atoms with van der Waals surface area (Å²) in [5.41, 5.74) is 0.173. The molecule has 134 valence electrons. The Kier molecular flexibility index (Phi) is 4.56. The number of amides is 1. The van der Waals surface area contributed by atoms with Gasteiger partial charge >= 0.3 is 0 Å². The molecule has 0 bridgehead atoms. The molecule has 2 aromatic rings. The number of morpholine rings is 1. The predicted octanol–water partition coefficient (Wildman–Crippen LogP) is 2.79. The molecule has 1 atom stereocenters. The Bertz CT molecular complexity index is 792. The molecule has 8 heteroatoms. The number of rotatable bonds is 2. The molecule has 4 rings (SSSR count). The number of ether oxygens (including phenoxy) is 1. The van der Waals surface area contributed by atoms with Crippen LogP contribution in [0, 0.1) is 11.6 Å². The molecule has 5 nitrogen and oxygen atoms in total. The number of thiazole rings is 1. The summed E-state index contributed by atoms with van der Waals surface area (Å²) in [5, 5.41) is 0.597. The Labute approximate surface area is 148 Å². The first-order chi connectivity index (χ1) is 12.1. The normalized spacial score (nSPS) is 21.8. The molecule has 2 fully saturated rings. The highest BCUT2D eigenvalue weighted by molar-refractivity contribution is 7.22. The third-order valence-corrected chi connectivity index (χ3v) is 5.75. The van der Waals surface area contributed by atoms with Gasteiger partial charge in [-0.05, 0) is 25.3 Å². The lowest BCUT2D eigenvalue weighted by molar-refractivity contribution is -0.145. The zero-order valence-electron chi connectivity index (χ0n) is 13.7. The van der Waals surface area contributed by atoms with Crippen molar-refractivity contribution in [2.24, 2.45) is 0 Å². The number of hydrogen-bond donors (Lipinski definition) is 0. The van der Waals surface area contributed by atoms with Gasteiger partial charge in [0.15, 0.2) is 17.1 Å². The average molecular weight is 367 g/mol. The summed E-state index contributed by atoms with van der Waals surface area (Å²) < 4.78 is 33.4. The van der Waals surface area contributed by atoms with E-state index >= 15 is 0 Å². The van der Waals surface area contributed by atoms with Crippen molar-refractivity contribution in [3.63, 3.8) is 0 Å². The van der Waals surface area contributed by atoms with Gasteiger partial charge in [-0.3, -0.25) is 4.79 Å². The van der Waals surface area contributed by atoms with E-state index in [2.05, 4.69) is 4.98 Å². The van der Waals surface area contributed by atoms with Crippen molar-refractivity contribution in [3.05, 3.63) is 23.8 Å². The zero-order chi connectivity index (χ0) is 17.4. The molecule has 3 heterocycles. The van der Waals surface area contributed by atoms with Gasteiger partial charge in [0.2, 0.25) is 0 Å². The lowest BCUT2D eigenvalue weighted by Crippen LogP contribution is -2.52. The van der Waals surface area contributed by atoms with E-state index in [1.54, 1.807) is 0 Å². The van der Waals surface area contributed by atoms with Gasteiger partial charge in [0.1, 0.15) is 11.3 Å². The number of halogens is 2. The number of aromatic nitrogens is 1. The van der Waals surface area contributed by atoms with Crippen LogP contribution in [0.4, 0.5) is 13.9 Å². The molecule has 0 aliphatic carbocycles. The maximum atomic E-state index is 13.9. The Morgan fingerprint density at radius 2 is 2.00 bits per heavy atom. The number of fused-ring (bicyclic) bond motifs is 1. The van der Waals surface area contributed by atoms with E-state index in [4.69, 9.17) is 4.74 Å². The largest absolute Gasteiger partial charge is 0.365 e. The van der Waals surface area contributed by atoms with E-state index in [9.17, 15) is 13.6 Å². The molecule has 1 aromatic carbocycles. The van der Waals surface area contributed by atoms with Gasteiger partial charge in [-0.25, -0.2) is 13.8 Å². The van der Waals surface area contributed by atoms with Gasteiger partial charge < -0.3 is 14.5 Å². The van der Waals surface area contributed by atoms with Gasteiger partial charge in [0.05, 0.1) is 17.9 Å². The first kappa shape index (κ1) is 16.7. The van der Waals surface area contributed by atoms with Crippen LogP contribution in [0.2, 0.25) is 0 Å². The first-order valence-electron chi connectivity index (χ1n) is 8.53. The topological polar surface area (TPSA) is 45.7 Å². The van der Waals surface area contributed by atoms with E-state index < -0.39 is 17.7 Å². The van der Waals surface area contributed by atoms with Crippen LogP contribution >= 0.6 is 11.3 Å². The summed E-state index contributed by atoms with van der Waals surface area (Å²) in [7, 11) is 0. The number of piperidine rings is 1. The van der Waals surface area contributed by atoms with Gasteiger partial charge in [-0.1, -0.05) is 11.3 Å². The number of likely N-dealkylation sites (tertiary alicyclic amines) is 1. The minimum absolute atomic E-state index is 0.0164. The highest BCUT2D eigenvalue weighted by Gasteiger charge is 2.32. The summed E-state index contributed by atoms with van der Waals surface area (Å²) in [6.07, 6.45) is 2.70. The number of nitrogens with zero attached hydrogens (tertiary/aromatic N) is 3. The van der Waals surface area contributed by atoms with Crippen LogP contribution in [0.3, 0.4) is 0 Å². The van der Waals surface area contributed by atoms with Crippen LogP contribution in [0.5, 0.6) is 0 Å². The van der Waals surface area contributed by atoms with Gasteiger partial charge in [0, 0.05) is 25.7 Å². The van der Waals surface area contributed by atoms with Gasteiger partial charge in [-0.15, -0.1) is 0 Å². The molecule has 0 N–H and O–H groups in total. The molecule has 2 aliphatic heterocycles. The van der Waals surface area contributed by atoms with E-state index in [0.717, 1.165) is 38.4 Å². The van der Waals surface area contributed by atoms with E-state index in [0.29, 0.717) is 29.5 Å². The lowest BCUT2D eigenvalue weighted by atomic mass is 10.1. The van der Waals surface area contributed by atoms with E-state index in [1.807, 2.05) is 9.80 Å². The molecule has 0 spiro atoms. The smallest absolute Gasteiger partial charge is 0.253 e. The van der Waals surface area contributed by atoms with Crippen molar-refractivity contribution in [1.82, 2.24) is 9.88 Å². The second kappa shape index (κ2) is 6.84. The fourth-order valence-corrected chi connectivity index (χ4v) is 4.41. The van der Waals surface area contributed by atoms with Crippen molar-refractivity contribution in [3.8, 4) is 0 Å². The Hall–Kier alpha value is -1.80. The number of carbonyl (C=O) groups excluding carboxylic acids is 1. The van der Waals surface area contributed by atoms with E-state index in [-0.39, 0.29) is 11.4 Å². The SMILES string of the molecule is O=C(C1CN(c2nc3c(F)cc(F)cc3s2)CCO1)N1CCCCC1. The van der Waals surface area contributed by atoms with Crippen molar-refractivity contribution >= 4 is 32.6 Å².